The number of carbonyl (C=O) groups is 1. The lowest BCUT2D eigenvalue weighted by molar-refractivity contribution is 0.0601. The molecule has 0 atom stereocenters. The van der Waals surface area contributed by atoms with Gasteiger partial charge in [0.25, 0.3) is 10.0 Å². The van der Waals surface area contributed by atoms with Crippen LogP contribution in [0.1, 0.15) is 10.4 Å². The molecule has 0 radical (unpaired) electrons. The molecule has 0 amide bonds. The van der Waals surface area contributed by atoms with Crippen LogP contribution < -0.4 is 4.72 Å². The first kappa shape index (κ1) is 15.3. The number of halogens is 1. The minimum absolute atomic E-state index is 0.107. The van der Waals surface area contributed by atoms with Crippen molar-refractivity contribution in [2.75, 3.05) is 11.8 Å². The van der Waals surface area contributed by atoms with Gasteiger partial charge >= 0.3 is 5.97 Å². The molecule has 0 aromatic heterocycles. The van der Waals surface area contributed by atoms with Gasteiger partial charge in [-0.2, -0.15) is 0 Å². The van der Waals surface area contributed by atoms with E-state index in [0.29, 0.717) is 0 Å². The summed E-state index contributed by atoms with van der Waals surface area (Å²) in [6.45, 7) is 0. The summed E-state index contributed by atoms with van der Waals surface area (Å²) in [7, 11) is -2.45. The molecule has 0 aliphatic heterocycles. The molecule has 0 unspecified atom stereocenters. The lowest BCUT2D eigenvalue weighted by Crippen LogP contribution is -2.13. The van der Waals surface area contributed by atoms with Crippen LogP contribution in [-0.2, 0) is 14.8 Å². The van der Waals surface area contributed by atoms with Gasteiger partial charge in [0.05, 0.1) is 28.3 Å². The molecule has 0 saturated carbocycles. The van der Waals surface area contributed by atoms with E-state index in [1.54, 1.807) is 18.2 Å². The van der Waals surface area contributed by atoms with Crippen LogP contribution in [0.15, 0.2) is 53.4 Å². The van der Waals surface area contributed by atoms with E-state index in [-0.39, 0.29) is 21.2 Å². The van der Waals surface area contributed by atoms with Crippen LogP contribution in [0.5, 0.6) is 0 Å². The number of sulfonamides is 1. The van der Waals surface area contributed by atoms with E-state index >= 15 is 0 Å². The summed E-state index contributed by atoms with van der Waals surface area (Å²) >= 11 is 5.94. The van der Waals surface area contributed by atoms with Crippen LogP contribution in [0.2, 0.25) is 5.02 Å². The van der Waals surface area contributed by atoms with Gasteiger partial charge in [-0.1, -0.05) is 29.8 Å². The topological polar surface area (TPSA) is 72.5 Å². The first-order chi connectivity index (χ1) is 9.94. The summed E-state index contributed by atoms with van der Waals surface area (Å²) in [6.07, 6.45) is 0. The van der Waals surface area contributed by atoms with Crippen molar-refractivity contribution in [1.29, 1.82) is 0 Å². The Morgan fingerprint density at radius 3 is 2.38 bits per heavy atom. The normalized spacial score (nSPS) is 11.0. The zero-order valence-electron chi connectivity index (χ0n) is 11.0. The van der Waals surface area contributed by atoms with Crippen molar-refractivity contribution in [2.24, 2.45) is 0 Å². The first-order valence-corrected chi connectivity index (χ1v) is 7.76. The first-order valence-electron chi connectivity index (χ1n) is 5.90. The van der Waals surface area contributed by atoms with E-state index < -0.39 is 16.0 Å². The molecular formula is C14H12ClNO4S. The fourth-order valence-corrected chi connectivity index (χ4v) is 3.00. The molecule has 110 valence electrons. The van der Waals surface area contributed by atoms with Gasteiger partial charge in [-0.15, -0.1) is 0 Å². The van der Waals surface area contributed by atoms with E-state index in [2.05, 4.69) is 9.46 Å². The molecule has 2 rings (SSSR count). The second kappa shape index (κ2) is 6.15. The molecule has 2 aromatic carbocycles. The number of hydrogen-bond acceptors (Lipinski definition) is 4. The molecule has 0 fully saturated rings. The number of rotatable bonds is 4. The Labute approximate surface area is 127 Å². The van der Waals surface area contributed by atoms with E-state index in [9.17, 15) is 13.2 Å². The number of hydrogen-bond donors (Lipinski definition) is 1. The molecule has 0 bridgehead atoms. The van der Waals surface area contributed by atoms with Crippen LogP contribution in [0.25, 0.3) is 0 Å². The molecule has 0 heterocycles. The smallest absolute Gasteiger partial charge is 0.339 e. The van der Waals surface area contributed by atoms with Crippen LogP contribution in [0.3, 0.4) is 0 Å². The number of esters is 1. The SMILES string of the molecule is COC(=O)c1ccc(NS(=O)(=O)c2ccccc2)cc1Cl. The van der Waals surface area contributed by atoms with Crippen LogP contribution in [0, 0.1) is 0 Å². The van der Waals surface area contributed by atoms with E-state index in [1.165, 1.54) is 37.4 Å². The van der Waals surface area contributed by atoms with Crippen molar-refractivity contribution in [1.82, 2.24) is 0 Å². The molecule has 0 saturated heterocycles. The summed E-state index contributed by atoms with van der Waals surface area (Å²) in [5.74, 6) is -0.586. The lowest BCUT2D eigenvalue weighted by Gasteiger charge is -2.09. The van der Waals surface area contributed by atoms with Crippen molar-refractivity contribution in [3.05, 3.63) is 59.1 Å². The minimum Gasteiger partial charge on any atom is -0.465 e. The monoisotopic (exact) mass is 325 g/mol. The van der Waals surface area contributed by atoms with Gasteiger partial charge in [0.2, 0.25) is 0 Å². The third-order valence-electron chi connectivity index (χ3n) is 2.68. The third kappa shape index (κ3) is 3.53. The Hall–Kier alpha value is -2.05. The van der Waals surface area contributed by atoms with Gasteiger partial charge in [-0.3, -0.25) is 4.72 Å². The molecular weight excluding hydrogens is 314 g/mol. The predicted octanol–water partition coefficient (Wildman–Crippen LogP) is 2.93. The number of nitrogens with one attached hydrogen (secondary N) is 1. The molecule has 7 heteroatoms. The van der Waals surface area contributed by atoms with Gasteiger partial charge in [-0.25, -0.2) is 13.2 Å². The van der Waals surface area contributed by atoms with Gasteiger partial charge < -0.3 is 4.74 Å². The number of benzene rings is 2. The molecule has 2 aromatic rings. The number of anilines is 1. The highest BCUT2D eigenvalue weighted by atomic mass is 35.5. The van der Waals surface area contributed by atoms with E-state index in [1.807, 2.05) is 0 Å². The maximum Gasteiger partial charge on any atom is 0.339 e. The highest BCUT2D eigenvalue weighted by Crippen LogP contribution is 2.23. The van der Waals surface area contributed by atoms with Gasteiger partial charge in [-0.05, 0) is 30.3 Å². The number of methoxy groups -OCH3 is 1. The maximum absolute atomic E-state index is 12.1. The summed E-state index contributed by atoms with van der Waals surface area (Å²) in [6, 6.07) is 12.1. The Balaban J connectivity index is 2.29. The number of carbonyl (C=O) groups excluding carboxylic acids is 1. The van der Waals surface area contributed by atoms with Crippen molar-refractivity contribution < 1.29 is 17.9 Å². The summed E-state index contributed by atoms with van der Waals surface area (Å²) < 4.78 is 31.2. The highest BCUT2D eigenvalue weighted by molar-refractivity contribution is 7.92. The summed E-state index contributed by atoms with van der Waals surface area (Å²) in [4.78, 5) is 11.5. The molecule has 21 heavy (non-hydrogen) atoms. The minimum atomic E-state index is -3.69. The average molecular weight is 326 g/mol. The Bertz CT molecular complexity index is 760. The van der Waals surface area contributed by atoms with Gasteiger partial charge in [0.1, 0.15) is 0 Å². The predicted molar refractivity (Wildman–Crippen MR) is 80.0 cm³/mol. The van der Waals surface area contributed by atoms with Crippen LogP contribution in [0.4, 0.5) is 5.69 Å². The molecule has 1 N–H and O–H groups in total. The molecule has 0 spiro atoms. The zero-order valence-corrected chi connectivity index (χ0v) is 12.6. The van der Waals surface area contributed by atoms with Crippen molar-refractivity contribution in [3.8, 4) is 0 Å². The van der Waals surface area contributed by atoms with Crippen molar-refractivity contribution in [3.63, 3.8) is 0 Å². The quantitative estimate of drug-likeness (QED) is 0.877. The standard InChI is InChI=1S/C14H12ClNO4S/c1-20-14(17)12-8-7-10(9-13(12)15)16-21(18,19)11-5-3-2-4-6-11/h2-9,16H,1H3. The van der Waals surface area contributed by atoms with E-state index in [0.717, 1.165) is 0 Å². The fourth-order valence-electron chi connectivity index (χ4n) is 1.67. The van der Waals surface area contributed by atoms with Crippen molar-refractivity contribution >= 4 is 33.3 Å². The largest absolute Gasteiger partial charge is 0.465 e. The Morgan fingerprint density at radius 2 is 1.81 bits per heavy atom. The van der Waals surface area contributed by atoms with Crippen LogP contribution >= 0.6 is 11.6 Å². The summed E-state index contributed by atoms with van der Waals surface area (Å²) in [5.41, 5.74) is 0.429. The highest BCUT2D eigenvalue weighted by Gasteiger charge is 2.16. The second-order valence-electron chi connectivity index (χ2n) is 4.10. The second-order valence-corrected chi connectivity index (χ2v) is 6.19. The van der Waals surface area contributed by atoms with Gasteiger partial charge in [0, 0.05) is 0 Å². The lowest BCUT2D eigenvalue weighted by atomic mass is 10.2. The summed E-state index contributed by atoms with van der Waals surface area (Å²) in [5, 5.41) is 0.107. The molecule has 5 nitrogen and oxygen atoms in total. The Kier molecular flexibility index (Phi) is 4.50. The van der Waals surface area contributed by atoms with E-state index in [4.69, 9.17) is 11.6 Å². The number of ether oxygens (including phenoxy) is 1. The fraction of sp³-hybridized carbons (Fsp3) is 0.0714. The van der Waals surface area contributed by atoms with Crippen molar-refractivity contribution in [2.45, 2.75) is 4.90 Å². The van der Waals surface area contributed by atoms with Crippen LogP contribution in [-0.4, -0.2) is 21.5 Å². The maximum atomic E-state index is 12.1. The third-order valence-corrected chi connectivity index (χ3v) is 4.39. The van der Waals surface area contributed by atoms with Gasteiger partial charge in [0.15, 0.2) is 0 Å². The molecule has 0 aliphatic rings. The molecule has 0 aliphatic carbocycles. The zero-order chi connectivity index (χ0) is 15.5. The average Bonchev–Trinajstić information content (AvgIpc) is 2.47. The Morgan fingerprint density at radius 1 is 1.14 bits per heavy atom.